The Morgan fingerprint density at radius 3 is 1.95 bits per heavy atom. The maximum atomic E-state index is 5.63. The second-order valence-corrected chi connectivity index (χ2v) is 9.14. The van der Waals surface area contributed by atoms with E-state index in [2.05, 4.69) is 56.1 Å². The van der Waals surface area contributed by atoms with Crippen LogP contribution >= 0.6 is 0 Å². The lowest BCUT2D eigenvalue weighted by molar-refractivity contribution is 0.416. The topological polar surface area (TPSA) is 9.23 Å². The first-order valence-electron chi connectivity index (χ1n) is 6.45. The molecule has 0 heterocycles. The molecule has 0 unspecified atom stereocenters. The minimum Gasteiger partial charge on any atom is -0.416 e. The molecule has 0 spiro atoms. The molecule has 0 aliphatic heterocycles. The molecule has 0 saturated carbocycles. The number of hydrogen-bond acceptors (Lipinski definition) is 1. The van der Waals surface area contributed by atoms with E-state index in [0.717, 1.165) is 11.1 Å². The number of hydrogen-bond donors (Lipinski definition) is 0. The molecule has 0 aliphatic rings. The van der Waals surface area contributed by atoms with Crippen LogP contribution in [0.25, 0.3) is 5.57 Å². The second kappa shape index (κ2) is 5.55. The Balaban J connectivity index is 2.27. The van der Waals surface area contributed by atoms with Crippen LogP contribution in [-0.2, 0) is 4.43 Å². The van der Waals surface area contributed by atoms with Crippen molar-refractivity contribution in [3.8, 4) is 0 Å². The Hall–Kier alpha value is -1.64. The van der Waals surface area contributed by atoms with Crippen molar-refractivity contribution in [2.75, 3.05) is 7.11 Å². The summed E-state index contributed by atoms with van der Waals surface area (Å²) in [6.45, 7) is 8.59. The Labute approximate surface area is 116 Å². The Kier molecular flexibility index (Phi) is 4.03. The molecular formula is C17H20OSi. The summed E-state index contributed by atoms with van der Waals surface area (Å²) in [6, 6.07) is 18.9. The molecule has 2 rings (SSSR count). The number of rotatable bonds is 4. The quantitative estimate of drug-likeness (QED) is 0.766. The van der Waals surface area contributed by atoms with E-state index in [0.29, 0.717) is 0 Å². The molecule has 98 valence electrons. The summed E-state index contributed by atoms with van der Waals surface area (Å²) in [5, 5.41) is 1.31. The number of benzene rings is 2. The molecule has 0 N–H and O–H groups in total. The van der Waals surface area contributed by atoms with Gasteiger partial charge in [0.25, 0.3) is 0 Å². The maximum Gasteiger partial charge on any atom is 0.217 e. The van der Waals surface area contributed by atoms with Crippen LogP contribution in [0.1, 0.15) is 11.1 Å². The fourth-order valence-electron chi connectivity index (χ4n) is 2.00. The summed E-state index contributed by atoms with van der Waals surface area (Å²) >= 11 is 0. The van der Waals surface area contributed by atoms with Crippen LogP contribution in [0.2, 0.25) is 13.1 Å². The summed E-state index contributed by atoms with van der Waals surface area (Å²) in [5.74, 6) is 0. The van der Waals surface area contributed by atoms with Gasteiger partial charge in [0.15, 0.2) is 0 Å². The predicted molar refractivity (Wildman–Crippen MR) is 85.1 cm³/mol. The van der Waals surface area contributed by atoms with Crippen molar-refractivity contribution in [3.63, 3.8) is 0 Å². The van der Waals surface area contributed by atoms with Gasteiger partial charge in [-0.2, -0.15) is 0 Å². The first kappa shape index (κ1) is 13.8. The minimum absolute atomic E-state index is 1.06. The maximum absolute atomic E-state index is 5.63. The minimum atomic E-state index is -1.72. The van der Waals surface area contributed by atoms with Crippen LogP contribution in [0.3, 0.4) is 0 Å². The molecule has 19 heavy (non-hydrogen) atoms. The van der Waals surface area contributed by atoms with Gasteiger partial charge < -0.3 is 4.43 Å². The van der Waals surface area contributed by atoms with Crippen molar-refractivity contribution < 1.29 is 4.43 Å². The molecule has 0 bridgehead atoms. The zero-order valence-corrected chi connectivity index (χ0v) is 12.8. The van der Waals surface area contributed by atoms with Gasteiger partial charge >= 0.3 is 0 Å². The van der Waals surface area contributed by atoms with Crippen molar-refractivity contribution in [1.29, 1.82) is 0 Å². The smallest absolute Gasteiger partial charge is 0.217 e. The Morgan fingerprint density at radius 2 is 1.42 bits per heavy atom. The van der Waals surface area contributed by atoms with E-state index in [1.54, 1.807) is 7.11 Å². The van der Waals surface area contributed by atoms with Crippen molar-refractivity contribution >= 4 is 19.1 Å². The van der Waals surface area contributed by atoms with Gasteiger partial charge in [-0.1, -0.05) is 61.2 Å². The Bertz CT molecular complexity index is 556. The zero-order chi connectivity index (χ0) is 13.9. The first-order chi connectivity index (χ1) is 9.04. The van der Waals surface area contributed by atoms with Gasteiger partial charge in [0.1, 0.15) is 0 Å². The molecule has 2 aromatic carbocycles. The van der Waals surface area contributed by atoms with Crippen LogP contribution < -0.4 is 5.19 Å². The molecule has 0 saturated heterocycles. The lowest BCUT2D eigenvalue weighted by Crippen LogP contribution is -2.43. The normalized spacial score (nSPS) is 11.3. The van der Waals surface area contributed by atoms with Crippen LogP contribution in [0.5, 0.6) is 0 Å². The van der Waals surface area contributed by atoms with E-state index >= 15 is 0 Å². The van der Waals surface area contributed by atoms with Gasteiger partial charge in [-0.3, -0.25) is 0 Å². The molecule has 2 heteroatoms. The molecular weight excluding hydrogens is 248 g/mol. The van der Waals surface area contributed by atoms with E-state index in [4.69, 9.17) is 4.43 Å². The third kappa shape index (κ3) is 3.03. The molecule has 0 atom stereocenters. The highest BCUT2D eigenvalue weighted by molar-refractivity contribution is 6.84. The highest BCUT2D eigenvalue weighted by Crippen LogP contribution is 2.20. The monoisotopic (exact) mass is 268 g/mol. The fourth-order valence-corrected chi connectivity index (χ4v) is 3.20. The average Bonchev–Trinajstić information content (AvgIpc) is 2.47. The zero-order valence-electron chi connectivity index (χ0n) is 11.8. The van der Waals surface area contributed by atoms with Gasteiger partial charge in [0.2, 0.25) is 8.32 Å². The van der Waals surface area contributed by atoms with Gasteiger partial charge in [-0.15, -0.1) is 0 Å². The first-order valence-corrected chi connectivity index (χ1v) is 9.36. The van der Waals surface area contributed by atoms with Crippen LogP contribution in [-0.4, -0.2) is 15.4 Å². The van der Waals surface area contributed by atoms with Gasteiger partial charge in [0, 0.05) is 7.11 Å². The van der Waals surface area contributed by atoms with Crippen molar-refractivity contribution in [2.45, 2.75) is 13.1 Å². The molecule has 0 aliphatic carbocycles. The molecule has 0 aromatic heterocycles. The van der Waals surface area contributed by atoms with Crippen LogP contribution in [0, 0.1) is 0 Å². The molecule has 0 amide bonds. The van der Waals surface area contributed by atoms with E-state index in [1.807, 2.05) is 18.2 Å². The van der Waals surface area contributed by atoms with Gasteiger partial charge in [0.05, 0.1) is 0 Å². The summed E-state index contributed by atoms with van der Waals surface area (Å²) in [4.78, 5) is 0. The highest BCUT2D eigenvalue weighted by Gasteiger charge is 2.23. The second-order valence-electron chi connectivity index (χ2n) is 5.14. The highest BCUT2D eigenvalue weighted by atomic mass is 28.4. The van der Waals surface area contributed by atoms with Crippen molar-refractivity contribution in [1.82, 2.24) is 0 Å². The van der Waals surface area contributed by atoms with Crippen molar-refractivity contribution in [3.05, 3.63) is 72.3 Å². The third-order valence-corrected chi connectivity index (χ3v) is 6.31. The molecule has 0 radical (unpaired) electrons. The van der Waals surface area contributed by atoms with E-state index in [9.17, 15) is 0 Å². The third-order valence-electron chi connectivity index (χ3n) is 3.56. The van der Waals surface area contributed by atoms with E-state index in [-0.39, 0.29) is 0 Å². The lowest BCUT2D eigenvalue weighted by Gasteiger charge is -2.20. The largest absolute Gasteiger partial charge is 0.416 e. The predicted octanol–water partition coefficient (Wildman–Crippen LogP) is 3.81. The van der Waals surface area contributed by atoms with E-state index < -0.39 is 8.32 Å². The van der Waals surface area contributed by atoms with Crippen molar-refractivity contribution in [2.24, 2.45) is 0 Å². The SMILES string of the molecule is C=C(c1ccccc1)c1ccc([Si](C)(C)OC)cc1. The lowest BCUT2D eigenvalue weighted by atomic mass is 10.00. The van der Waals surface area contributed by atoms with Crippen LogP contribution in [0.4, 0.5) is 0 Å². The standard InChI is InChI=1S/C17H20OSi/c1-14(15-8-6-5-7-9-15)16-10-12-17(13-11-16)19(3,4)18-2/h5-13H,1H2,2-4H3. The summed E-state index contributed by atoms with van der Waals surface area (Å²) in [5.41, 5.74) is 3.39. The summed E-state index contributed by atoms with van der Waals surface area (Å²) < 4.78 is 5.63. The summed E-state index contributed by atoms with van der Waals surface area (Å²) in [6.07, 6.45) is 0. The molecule has 2 aromatic rings. The van der Waals surface area contributed by atoms with Crippen LogP contribution in [0.15, 0.2) is 61.2 Å². The van der Waals surface area contributed by atoms with Gasteiger partial charge in [-0.05, 0) is 35.0 Å². The molecule has 0 fully saturated rings. The molecule has 1 nitrogen and oxygen atoms in total. The van der Waals surface area contributed by atoms with Gasteiger partial charge in [-0.25, -0.2) is 0 Å². The average molecular weight is 268 g/mol. The summed E-state index contributed by atoms with van der Waals surface area (Å²) in [7, 11) is 0.0746. The Morgan fingerprint density at radius 1 is 0.895 bits per heavy atom. The fraction of sp³-hybridized carbons (Fsp3) is 0.176. The van der Waals surface area contributed by atoms with E-state index in [1.165, 1.54) is 10.8 Å².